The maximum atomic E-state index is 13.1. The Kier molecular flexibility index (Phi) is 10.2. The van der Waals surface area contributed by atoms with Crippen LogP contribution in [0, 0.1) is 11.8 Å². The summed E-state index contributed by atoms with van der Waals surface area (Å²) in [6.45, 7) is 5.02. The van der Waals surface area contributed by atoms with E-state index in [1.807, 2.05) is 32.3 Å². The van der Waals surface area contributed by atoms with Crippen LogP contribution in [0.15, 0.2) is 30.3 Å². The molecule has 2 rings (SSSR count). The van der Waals surface area contributed by atoms with Crippen molar-refractivity contribution < 1.29 is 28.7 Å². The molecule has 0 spiro atoms. The largest absolute Gasteiger partial charge is 0.457 e. The van der Waals surface area contributed by atoms with Gasteiger partial charge in [0.15, 0.2) is 5.60 Å². The zero-order valence-electron chi connectivity index (χ0n) is 20.3. The van der Waals surface area contributed by atoms with Gasteiger partial charge in [0.1, 0.15) is 13.2 Å². The molecule has 0 saturated heterocycles. The number of rotatable bonds is 13. The lowest BCUT2D eigenvalue weighted by atomic mass is 9.80. The molecule has 1 saturated carbocycles. The highest BCUT2D eigenvalue weighted by Gasteiger charge is 2.47. The van der Waals surface area contributed by atoms with Crippen LogP contribution in [0.1, 0.15) is 70.8 Å². The summed E-state index contributed by atoms with van der Waals surface area (Å²) < 4.78 is 11.6. The molecule has 0 aromatic heterocycles. The van der Waals surface area contributed by atoms with Gasteiger partial charge in [0, 0.05) is 5.92 Å². The molecule has 0 heterocycles. The summed E-state index contributed by atoms with van der Waals surface area (Å²) in [6, 6.07) is 9.13. The van der Waals surface area contributed by atoms with E-state index < -0.39 is 11.6 Å². The van der Waals surface area contributed by atoms with Gasteiger partial charge in [0.2, 0.25) is 6.73 Å². The average molecular weight is 449 g/mol. The summed E-state index contributed by atoms with van der Waals surface area (Å²) in [5.41, 5.74) is -1.02. The lowest BCUT2D eigenvalue weighted by Gasteiger charge is -2.33. The van der Waals surface area contributed by atoms with Gasteiger partial charge in [-0.25, -0.2) is 4.79 Å². The quantitative estimate of drug-likeness (QED) is 0.275. The predicted molar refractivity (Wildman–Crippen MR) is 124 cm³/mol. The molecular weight excluding hydrogens is 406 g/mol. The molecule has 180 valence electrons. The molecule has 6 heteroatoms. The minimum Gasteiger partial charge on any atom is -0.457 e. The summed E-state index contributed by atoms with van der Waals surface area (Å²) in [6.07, 6.45) is 7.26. The summed E-state index contributed by atoms with van der Waals surface area (Å²) in [7, 11) is 3.88. The minimum absolute atomic E-state index is 0.0462. The van der Waals surface area contributed by atoms with Gasteiger partial charge in [0.05, 0.1) is 20.0 Å². The third-order valence-corrected chi connectivity index (χ3v) is 6.56. The molecule has 6 nitrogen and oxygen atoms in total. The number of quaternary nitrogens is 1. The average Bonchev–Trinajstić information content (AvgIpc) is 3.32. The van der Waals surface area contributed by atoms with Crippen molar-refractivity contribution in [2.45, 2.75) is 70.8 Å². The second kappa shape index (κ2) is 12.4. The van der Waals surface area contributed by atoms with Gasteiger partial charge in [-0.15, -0.1) is 0 Å². The van der Waals surface area contributed by atoms with E-state index in [0.717, 1.165) is 51.4 Å². The molecule has 1 fully saturated rings. The Balaban J connectivity index is 1.92. The number of hydrogen-bond donors (Lipinski definition) is 1. The van der Waals surface area contributed by atoms with Crippen LogP contribution in [0.4, 0.5) is 0 Å². The van der Waals surface area contributed by atoms with Crippen molar-refractivity contribution in [3.05, 3.63) is 35.9 Å². The first kappa shape index (κ1) is 26.3. The molecule has 32 heavy (non-hydrogen) atoms. The maximum Gasteiger partial charge on any atom is 0.343 e. The van der Waals surface area contributed by atoms with Crippen LogP contribution in [0.3, 0.4) is 0 Å². The van der Waals surface area contributed by atoms with Gasteiger partial charge in [-0.2, -0.15) is 0 Å². The van der Waals surface area contributed by atoms with Gasteiger partial charge in [0.25, 0.3) is 0 Å². The summed E-state index contributed by atoms with van der Waals surface area (Å²) >= 11 is 0. The van der Waals surface area contributed by atoms with Crippen LogP contribution < -0.4 is 0 Å². The van der Waals surface area contributed by atoms with Gasteiger partial charge >= 0.3 is 11.9 Å². The Morgan fingerprint density at radius 2 is 1.66 bits per heavy atom. The Hall–Kier alpha value is -1.92. The van der Waals surface area contributed by atoms with E-state index in [9.17, 15) is 14.7 Å². The number of benzene rings is 1. The topological polar surface area (TPSA) is 72.8 Å². The third kappa shape index (κ3) is 7.04. The van der Waals surface area contributed by atoms with E-state index >= 15 is 0 Å². The maximum absolute atomic E-state index is 13.1. The van der Waals surface area contributed by atoms with Crippen molar-refractivity contribution in [2.75, 3.05) is 34.0 Å². The molecule has 0 bridgehead atoms. The van der Waals surface area contributed by atoms with E-state index in [1.54, 1.807) is 12.1 Å². The number of esters is 2. The summed E-state index contributed by atoms with van der Waals surface area (Å²) in [5.74, 6) is -0.903. The Bertz CT molecular complexity index is 708. The summed E-state index contributed by atoms with van der Waals surface area (Å²) in [4.78, 5) is 25.5. The van der Waals surface area contributed by atoms with Crippen LogP contribution in [0.5, 0.6) is 0 Å². The number of aliphatic hydroxyl groups is 1. The van der Waals surface area contributed by atoms with Crippen molar-refractivity contribution in [1.82, 2.24) is 0 Å². The van der Waals surface area contributed by atoms with Crippen LogP contribution >= 0.6 is 0 Å². The fourth-order valence-electron chi connectivity index (χ4n) is 4.55. The standard InChI is InChI=1S/C26H42NO5/c1-5-12-21(13-6-2)24(28)32-20-27(3,4)18-19-31-25(29)26(30,23-16-10-11-17-23)22-14-8-7-9-15-22/h7-9,14-15,21,23,30H,5-6,10-13,16-20H2,1-4H3/q+1/t26-/m1/s1. The van der Waals surface area contributed by atoms with Gasteiger partial charge in [-0.3, -0.25) is 9.28 Å². The van der Waals surface area contributed by atoms with E-state index in [-0.39, 0.29) is 31.1 Å². The number of ether oxygens (including phenoxy) is 2. The first-order chi connectivity index (χ1) is 15.2. The molecular formula is C26H42NO5+. The lowest BCUT2D eigenvalue weighted by molar-refractivity contribution is -0.907. The first-order valence-corrected chi connectivity index (χ1v) is 12.2. The monoisotopic (exact) mass is 448 g/mol. The van der Waals surface area contributed by atoms with E-state index in [0.29, 0.717) is 16.6 Å². The van der Waals surface area contributed by atoms with E-state index in [2.05, 4.69) is 13.8 Å². The Morgan fingerprint density at radius 3 is 2.22 bits per heavy atom. The molecule has 1 aliphatic carbocycles. The van der Waals surface area contributed by atoms with Crippen LogP contribution in [-0.4, -0.2) is 55.5 Å². The zero-order valence-corrected chi connectivity index (χ0v) is 20.3. The number of hydrogen-bond acceptors (Lipinski definition) is 5. The van der Waals surface area contributed by atoms with Crippen LogP contribution in [0.2, 0.25) is 0 Å². The highest BCUT2D eigenvalue weighted by molar-refractivity contribution is 5.81. The molecule has 0 radical (unpaired) electrons. The van der Waals surface area contributed by atoms with E-state index in [1.165, 1.54) is 0 Å². The summed E-state index contributed by atoms with van der Waals surface area (Å²) in [5, 5.41) is 11.5. The van der Waals surface area contributed by atoms with Crippen LogP contribution in [0.25, 0.3) is 0 Å². The lowest BCUT2D eigenvalue weighted by Crippen LogP contribution is -2.47. The molecule has 1 aromatic carbocycles. The number of likely N-dealkylation sites (N-methyl/N-ethyl adjacent to an activating group) is 1. The molecule has 1 atom stereocenters. The molecule has 1 aromatic rings. The zero-order chi connectivity index (χ0) is 23.6. The van der Waals surface area contributed by atoms with Gasteiger partial charge in [-0.1, -0.05) is 69.9 Å². The molecule has 0 unspecified atom stereocenters. The highest BCUT2D eigenvalue weighted by atomic mass is 16.6. The fourth-order valence-corrected chi connectivity index (χ4v) is 4.55. The number of carbonyl (C=O) groups is 2. The molecule has 0 aliphatic heterocycles. The smallest absolute Gasteiger partial charge is 0.343 e. The van der Waals surface area contributed by atoms with Crippen molar-refractivity contribution in [3.63, 3.8) is 0 Å². The number of carbonyl (C=O) groups excluding carboxylic acids is 2. The Labute approximate surface area is 193 Å². The second-order valence-corrected chi connectivity index (χ2v) is 9.78. The van der Waals surface area contributed by atoms with Gasteiger partial charge in [-0.05, 0) is 31.2 Å². The first-order valence-electron chi connectivity index (χ1n) is 12.2. The highest BCUT2D eigenvalue weighted by Crippen LogP contribution is 2.41. The third-order valence-electron chi connectivity index (χ3n) is 6.56. The SMILES string of the molecule is CCCC(CCC)C(=O)OC[N+](C)(C)CCOC(=O)[C@@](O)(c1ccccc1)C1CCCC1. The van der Waals surface area contributed by atoms with Crippen molar-refractivity contribution in [3.8, 4) is 0 Å². The second-order valence-electron chi connectivity index (χ2n) is 9.78. The van der Waals surface area contributed by atoms with Gasteiger partial charge < -0.3 is 14.6 Å². The van der Waals surface area contributed by atoms with Crippen LogP contribution in [-0.2, 0) is 24.7 Å². The van der Waals surface area contributed by atoms with Crippen molar-refractivity contribution in [2.24, 2.45) is 11.8 Å². The fraction of sp³-hybridized carbons (Fsp3) is 0.692. The van der Waals surface area contributed by atoms with Crippen molar-refractivity contribution >= 4 is 11.9 Å². The molecule has 1 N–H and O–H groups in total. The normalized spacial score (nSPS) is 16.7. The Morgan fingerprint density at radius 1 is 1.06 bits per heavy atom. The van der Waals surface area contributed by atoms with Crippen molar-refractivity contribution in [1.29, 1.82) is 0 Å². The molecule has 0 amide bonds. The molecule has 1 aliphatic rings. The minimum atomic E-state index is -1.62. The predicted octanol–water partition coefficient (Wildman–Crippen LogP) is 4.40. The number of nitrogens with zero attached hydrogens (tertiary/aromatic N) is 1. The van der Waals surface area contributed by atoms with E-state index in [4.69, 9.17) is 9.47 Å².